The van der Waals surface area contributed by atoms with Gasteiger partial charge < -0.3 is 15.5 Å². The normalized spacial score (nSPS) is 18.3. The summed E-state index contributed by atoms with van der Waals surface area (Å²) in [6.45, 7) is 7.40. The van der Waals surface area contributed by atoms with Gasteiger partial charge >= 0.3 is 6.18 Å². The van der Waals surface area contributed by atoms with Gasteiger partial charge in [0.25, 0.3) is 0 Å². The van der Waals surface area contributed by atoms with E-state index < -0.39 is 11.9 Å². The van der Waals surface area contributed by atoms with Gasteiger partial charge in [0.2, 0.25) is 5.91 Å². The Morgan fingerprint density at radius 3 is 2.52 bits per heavy atom. The maximum atomic E-state index is 12.7. The number of halogens is 4. The molecular weight excluding hydrogens is 544 g/mol. The van der Waals surface area contributed by atoms with Gasteiger partial charge in [0.1, 0.15) is 5.01 Å². The first kappa shape index (κ1) is 26.1. The third-order valence-corrected chi connectivity index (χ3v) is 6.25. The van der Waals surface area contributed by atoms with Crippen LogP contribution in [0.15, 0.2) is 10.4 Å². The van der Waals surface area contributed by atoms with Crippen molar-refractivity contribution in [2.45, 2.75) is 38.9 Å². The Morgan fingerprint density at radius 1 is 1.26 bits per heavy atom. The van der Waals surface area contributed by atoms with Crippen molar-refractivity contribution in [2.75, 3.05) is 45.8 Å². The van der Waals surface area contributed by atoms with Crippen LogP contribution >= 0.6 is 35.3 Å². The number of hydrogen-bond acceptors (Lipinski definition) is 5. The highest BCUT2D eigenvalue weighted by atomic mass is 127. The molecule has 2 N–H and O–H groups in total. The van der Waals surface area contributed by atoms with E-state index in [2.05, 4.69) is 25.5 Å². The minimum absolute atomic E-state index is 0. The molecule has 1 amide bonds. The molecule has 176 valence electrons. The van der Waals surface area contributed by atoms with Crippen molar-refractivity contribution in [1.29, 1.82) is 0 Å². The molecule has 0 unspecified atom stereocenters. The Bertz CT molecular complexity index is 732. The van der Waals surface area contributed by atoms with E-state index >= 15 is 0 Å². The van der Waals surface area contributed by atoms with E-state index in [0.29, 0.717) is 30.0 Å². The molecule has 7 nitrogen and oxygen atoms in total. The van der Waals surface area contributed by atoms with E-state index in [9.17, 15) is 18.0 Å². The number of hydrogen-bond donors (Lipinski definition) is 2. The first-order valence-corrected chi connectivity index (χ1v) is 11.3. The first-order valence-electron chi connectivity index (χ1n) is 10.4. The van der Waals surface area contributed by atoms with Crippen LogP contribution in [0.25, 0.3) is 0 Å². The van der Waals surface area contributed by atoms with Crippen molar-refractivity contribution in [3.63, 3.8) is 0 Å². The molecular formula is C19H30F3IN6OS. The number of aromatic nitrogens is 1. The number of alkyl halides is 3. The molecule has 12 heteroatoms. The van der Waals surface area contributed by atoms with Crippen LogP contribution in [0.1, 0.15) is 36.9 Å². The van der Waals surface area contributed by atoms with Crippen molar-refractivity contribution in [3.05, 3.63) is 16.1 Å². The average molecular weight is 574 g/mol. The van der Waals surface area contributed by atoms with Crippen LogP contribution in [0, 0.1) is 5.92 Å². The third kappa shape index (κ3) is 7.74. The monoisotopic (exact) mass is 574 g/mol. The fraction of sp³-hybridized carbons (Fsp3) is 0.737. The maximum Gasteiger partial charge on any atom is 0.434 e. The molecule has 1 aliphatic heterocycles. The van der Waals surface area contributed by atoms with E-state index in [0.717, 1.165) is 62.3 Å². The highest BCUT2D eigenvalue weighted by molar-refractivity contribution is 14.0. The molecule has 1 aliphatic carbocycles. The smallest absolute Gasteiger partial charge is 0.357 e. The van der Waals surface area contributed by atoms with Gasteiger partial charge in [-0.05, 0) is 19.8 Å². The van der Waals surface area contributed by atoms with Crippen LogP contribution < -0.4 is 10.6 Å². The molecule has 1 saturated heterocycles. The summed E-state index contributed by atoms with van der Waals surface area (Å²) in [7, 11) is 0. The highest BCUT2D eigenvalue weighted by Crippen LogP contribution is 2.30. The standard InChI is InChI=1S/C19H29F3N6OS.HI/c1-2-23-18(25-12-16-26-15(13-30-16)19(20,21)22)24-6-7-27-8-10-28(11-9-27)17(29)14-4-3-5-14;/h13-14H,2-12H2,1H3,(H2,23,24,25);1H. The minimum Gasteiger partial charge on any atom is -0.357 e. The summed E-state index contributed by atoms with van der Waals surface area (Å²) in [5.74, 6) is 1.12. The highest BCUT2D eigenvalue weighted by Gasteiger charge is 2.33. The average Bonchev–Trinajstić information content (AvgIpc) is 3.15. The molecule has 1 aromatic heterocycles. The summed E-state index contributed by atoms with van der Waals surface area (Å²) in [4.78, 5) is 24.5. The number of guanidine groups is 1. The summed E-state index contributed by atoms with van der Waals surface area (Å²) in [6.07, 6.45) is -1.18. The molecule has 0 aromatic carbocycles. The van der Waals surface area contributed by atoms with Gasteiger partial charge in [0.15, 0.2) is 11.7 Å². The number of amides is 1. The van der Waals surface area contributed by atoms with Crippen molar-refractivity contribution in [2.24, 2.45) is 10.9 Å². The van der Waals surface area contributed by atoms with E-state index in [1.54, 1.807) is 0 Å². The lowest BCUT2D eigenvalue weighted by atomic mass is 9.84. The molecule has 0 atom stereocenters. The van der Waals surface area contributed by atoms with Crippen LogP contribution in [-0.4, -0.2) is 72.5 Å². The van der Waals surface area contributed by atoms with E-state index in [4.69, 9.17) is 0 Å². The Morgan fingerprint density at radius 2 is 1.97 bits per heavy atom. The molecule has 1 aromatic rings. The van der Waals surface area contributed by atoms with Gasteiger partial charge in [0.05, 0.1) is 6.54 Å². The number of carbonyl (C=O) groups is 1. The van der Waals surface area contributed by atoms with Gasteiger partial charge in [-0.15, -0.1) is 35.3 Å². The second-order valence-corrected chi connectivity index (χ2v) is 8.48. The molecule has 2 heterocycles. The molecule has 0 radical (unpaired) electrons. The SMILES string of the molecule is CCNC(=NCc1nc(C(F)(F)F)cs1)NCCN1CCN(C(=O)C2CCC2)CC1.I. The molecule has 2 aliphatic rings. The number of nitrogens with one attached hydrogen (secondary N) is 2. The lowest BCUT2D eigenvalue weighted by Gasteiger charge is -2.38. The molecule has 2 fully saturated rings. The first-order chi connectivity index (χ1) is 14.4. The number of piperazine rings is 1. The Hall–Kier alpha value is -1.15. The third-order valence-electron chi connectivity index (χ3n) is 5.42. The lowest BCUT2D eigenvalue weighted by molar-refractivity contribution is -0.141. The summed E-state index contributed by atoms with van der Waals surface area (Å²) in [5, 5.41) is 7.65. The second-order valence-electron chi connectivity index (χ2n) is 7.54. The van der Waals surface area contributed by atoms with E-state index in [1.807, 2.05) is 11.8 Å². The van der Waals surface area contributed by atoms with Crippen molar-refractivity contribution < 1.29 is 18.0 Å². The summed E-state index contributed by atoms with van der Waals surface area (Å²) >= 11 is 0.959. The van der Waals surface area contributed by atoms with Gasteiger partial charge in [-0.2, -0.15) is 13.2 Å². The minimum atomic E-state index is -4.42. The van der Waals surface area contributed by atoms with Crippen molar-refractivity contribution in [1.82, 2.24) is 25.4 Å². The quantitative estimate of drug-likeness (QED) is 0.298. The number of nitrogens with zero attached hydrogens (tertiary/aromatic N) is 4. The van der Waals surface area contributed by atoms with Crippen LogP contribution in [0.2, 0.25) is 0 Å². The molecule has 31 heavy (non-hydrogen) atoms. The van der Waals surface area contributed by atoms with Crippen molar-refractivity contribution in [3.8, 4) is 0 Å². The second kappa shape index (κ2) is 12.2. The van der Waals surface area contributed by atoms with Crippen LogP contribution in [0.4, 0.5) is 13.2 Å². The number of rotatable bonds is 7. The van der Waals surface area contributed by atoms with Gasteiger partial charge in [-0.1, -0.05) is 6.42 Å². The zero-order chi connectivity index (χ0) is 21.6. The summed E-state index contributed by atoms with van der Waals surface area (Å²) < 4.78 is 38.0. The Labute approximate surface area is 201 Å². The largest absolute Gasteiger partial charge is 0.434 e. The van der Waals surface area contributed by atoms with Gasteiger partial charge in [-0.25, -0.2) is 9.98 Å². The van der Waals surface area contributed by atoms with Crippen LogP contribution in [0.3, 0.4) is 0 Å². The van der Waals surface area contributed by atoms with Crippen LogP contribution in [0.5, 0.6) is 0 Å². The van der Waals surface area contributed by atoms with Gasteiger partial charge in [0, 0.05) is 57.1 Å². The number of aliphatic imine (C=N–C) groups is 1. The topological polar surface area (TPSA) is 72.9 Å². The maximum absolute atomic E-state index is 12.7. The lowest BCUT2D eigenvalue weighted by Crippen LogP contribution is -2.52. The molecule has 0 spiro atoms. The summed E-state index contributed by atoms with van der Waals surface area (Å²) in [6, 6.07) is 0. The van der Waals surface area contributed by atoms with Crippen LogP contribution in [-0.2, 0) is 17.5 Å². The predicted octanol–water partition coefficient (Wildman–Crippen LogP) is 2.78. The zero-order valence-electron chi connectivity index (χ0n) is 17.6. The predicted molar refractivity (Wildman–Crippen MR) is 126 cm³/mol. The van der Waals surface area contributed by atoms with E-state index in [-0.39, 0.29) is 36.4 Å². The fourth-order valence-corrected chi connectivity index (χ4v) is 4.16. The Balaban J connectivity index is 0.00000341. The van der Waals surface area contributed by atoms with Crippen molar-refractivity contribution >= 4 is 47.2 Å². The number of thiazole rings is 1. The molecule has 1 saturated carbocycles. The molecule has 3 rings (SSSR count). The summed E-state index contributed by atoms with van der Waals surface area (Å²) in [5.41, 5.74) is -0.870. The Kier molecular flexibility index (Phi) is 10.3. The van der Waals surface area contributed by atoms with E-state index in [1.165, 1.54) is 6.42 Å². The number of carbonyl (C=O) groups excluding carboxylic acids is 1. The van der Waals surface area contributed by atoms with Gasteiger partial charge in [-0.3, -0.25) is 9.69 Å². The molecule has 0 bridgehead atoms. The zero-order valence-corrected chi connectivity index (χ0v) is 20.7. The fourth-order valence-electron chi connectivity index (χ4n) is 3.44.